The van der Waals surface area contributed by atoms with E-state index in [-0.39, 0.29) is 29.0 Å². The number of hydrogen-bond acceptors (Lipinski definition) is 4. The third-order valence-electron chi connectivity index (χ3n) is 8.10. The summed E-state index contributed by atoms with van der Waals surface area (Å²) in [5.41, 5.74) is 1.90. The molecule has 7 heteroatoms. The summed E-state index contributed by atoms with van der Waals surface area (Å²) < 4.78 is 19.0. The minimum Gasteiger partial charge on any atom is -0.367 e. The number of carbonyl (C=O) groups excluding carboxylic acids is 2. The van der Waals surface area contributed by atoms with E-state index in [9.17, 15) is 14.0 Å². The Morgan fingerprint density at radius 2 is 1.69 bits per heavy atom. The average Bonchev–Trinajstić information content (AvgIpc) is 3.58. The Hall–Kier alpha value is -2.77. The van der Waals surface area contributed by atoms with Crippen LogP contribution in [0.5, 0.6) is 0 Å². The quantitative estimate of drug-likeness (QED) is 0.637. The largest absolute Gasteiger partial charge is 0.367 e. The number of rotatable bonds is 6. The Bertz CT molecular complexity index is 1050. The van der Waals surface area contributed by atoms with Crippen LogP contribution in [0.1, 0.15) is 36.5 Å². The number of nitrogens with zero attached hydrogens (tertiary/aromatic N) is 3. The van der Waals surface area contributed by atoms with E-state index >= 15 is 0 Å². The fraction of sp³-hybridized carbons (Fsp3) is 0.500. The van der Waals surface area contributed by atoms with Gasteiger partial charge >= 0.3 is 0 Å². The number of ether oxygens (including phenoxy) is 1. The summed E-state index contributed by atoms with van der Waals surface area (Å²) in [6.45, 7) is 5.12. The van der Waals surface area contributed by atoms with E-state index in [1.165, 1.54) is 6.07 Å². The predicted molar refractivity (Wildman–Crippen MR) is 131 cm³/mol. The van der Waals surface area contributed by atoms with E-state index in [0.717, 1.165) is 56.6 Å². The second kappa shape index (κ2) is 10.1. The van der Waals surface area contributed by atoms with Gasteiger partial charge in [-0.15, -0.1) is 0 Å². The molecule has 2 aromatic carbocycles. The molecule has 2 atom stereocenters. The molecule has 2 heterocycles. The monoisotopic (exact) mass is 479 g/mol. The van der Waals surface area contributed by atoms with Crippen molar-refractivity contribution in [2.75, 3.05) is 46.4 Å². The number of halogens is 1. The minimum atomic E-state index is -0.578. The van der Waals surface area contributed by atoms with E-state index in [2.05, 4.69) is 4.90 Å². The molecule has 0 N–H and O–H groups in total. The van der Waals surface area contributed by atoms with Crippen molar-refractivity contribution in [2.45, 2.75) is 31.9 Å². The van der Waals surface area contributed by atoms with Crippen LogP contribution >= 0.6 is 0 Å². The normalized spacial score (nSPS) is 22.7. The number of amides is 2. The lowest BCUT2D eigenvalue weighted by Gasteiger charge is -2.37. The topological polar surface area (TPSA) is 53.1 Å². The Labute approximate surface area is 206 Å². The summed E-state index contributed by atoms with van der Waals surface area (Å²) in [5.74, 6) is 0.156. The highest BCUT2D eigenvalue weighted by atomic mass is 19.1. The lowest BCUT2D eigenvalue weighted by Crippen LogP contribution is -2.49. The van der Waals surface area contributed by atoms with Gasteiger partial charge in [-0.05, 0) is 47.9 Å². The van der Waals surface area contributed by atoms with E-state index in [1.54, 1.807) is 19.2 Å². The number of benzene rings is 2. The molecule has 3 aliphatic rings. The van der Waals surface area contributed by atoms with Crippen molar-refractivity contribution < 1.29 is 18.7 Å². The molecular weight excluding hydrogens is 445 g/mol. The van der Waals surface area contributed by atoms with Crippen LogP contribution in [-0.4, -0.2) is 72.9 Å². The Kier molecular flexibility index (Phi) is 6.89. The van der Waals surface area contributed by atoms with Crippen LogP contribution in [0, 0.1) is 17.2 Å². The van der Waals surface area contributed by atoms with Crippen molar-refractivity contribution in [3.05, 3.63) is 71.5 Å². The molecule has 186 valence electrons. The SMILES string of the molecule is CO[C@@H](C(=O)N1CCC2(CC1)C[C@@H]2C(=O)N1CCN(Cc2cccc(F)c2)CC1)c1ccccc1. The molecular formula is C28H34FN3O3. The minimum absolute atomic E-state index is 0.00601. The molecule has 0 bridgehead atoms. The van der Waals surface area contributed by atoms with E-state index in [0.29, 0.717) is 19.6 Å². The second-order valence-electron chi connectivity index (χ2n) is 10.2. The smallest absolute Gasteiger partial charge is 0.256 e. The molecule has 2 aliphatic heterocycles. The van der Waals surface area contributed by atoms with Gasteiger partial charge in [-0.3, -0.25) is 14.5 Å². The van der Waals surface area contributed by atoms with Crippen molar-refractivity contribution in [1.29, 1.82) is 0 Å². The highest BCUT2D eigenvalue weighted by molar-refractivity contribution is 5.84. The summed E-state index contributed by atoms with van der Waals surface area (Å²) in [7, 11) is 1.58. The first-order chi connectivity index (χ1) is 17.0. The highest BCUT2D eigenvalue weighted by Crippen LogP contribution is 2.60. The van der Waals surface area contributed by atoms with Crippen molar-refractivity contribution in [3.8, 4) is 0 Å². The van der Waals surface area contributed by atoms with Gasteiger partial charge in [-0.25, -0.2) is 4.39 Å². The van der Waals surface area contributed by atoms with Crippen LogP contribution in [0.2, 0.25) is 0 Å². The summed E-state index contributed by atoms with van der Waals surface area (Å²) >= 11 is 0. The molecule has 1 saturated carbocycles. The number of piperazine rings is 1. The molecule has 0 unspecified atom stereocenters. The number of likely N-dealkylation sites (tertiary alicyclic amines) is 1. The van der Waals surface area contributed by atoms with Gasteiger partial charge in [-0.1, -0.05) is 42.5 Å². The fourth-order valence-electron chi connectivity index (χ4n) is 5.84. The van der Waals surface area contributed by atoms with Crippen molar-refractivity contribution in [1.82, 2.24) is 14.7 Å². The van der Waals surface area contributed by atoms with Gasteiger partial charge in [0.2, 0.25) is 5.91 Å². The van der Waals surface area contributed by atoms with Gasteiger partial charge in [0.25, 0.3) is 5.91 Å². The number of hydrogen-bond donors (Lipinski definition) is 0. The summed E-state index contributed by atoms with van der Waals surface area (Å²) in [4.78, 5) is 32.6. The van der Waals surface area contributed by atoms with Crippen LogP contribution in [0.15, 0.2) is 54.6 Å². The summed E-state index contributed by atoms with van der Waals surface area (Å²) in [6.07, 6.45) is 2.11. The van der Waals surface area contributed by atoms with Crippen molar-refractivity contribution >= 4 is 11.8 Å². The zero-order valence-corrected chi connectivity index (χ0v) is 20.4. The first-order valence-corrected chi connectivity index (χ1v) is 12.6. The Balaban J connectivity index is 1.10. The third kappa shape index (κ3) is 5.11. The van der Waals surface area contributed by atoms with Crippen LogP contribution in [0.25, 0.3) is 0 Å². The van der Waals surface area contributed by atoms with Gasteiger partial charge in [-0.2, -0.15) is 0 Å². The molecule has 0 aromatic heterocycles. The van der Waals surface area contributed by atoms with E-state index < -0.39 is 6.10 Å². The molecule has 1 aliphatic carbocycles. The molecule has 2 saturated heterocycles. The predicted octanol–water partition coefficient (Wildman–Crippen LogP) is 3.49. The number of methoxy groups -OCH3 is 1. The maximum absolute atomic E-state index is 13.5. The number of carbonyl (C=O) groups is 2. The molecule has 1 spiro atoms. The Morgan fingerprint density at radius 3 is 2.34 bits per heavy atom. The van der Waals surface area contributed by atoms with Crippen LogP contribution in [0.3, 0.4) is 0 Å². The fourth-order valence-corrected chi connectivity index (χ4v) is 5.84. The zero-order valence-electron chi connectivity index (χ0n) is 20.4. The molecule has 6 nitrogen and oxygen atoms in total. The lowest BCUT2D eigenvalue weighted by atomic mass is 9.90. The van der Waals surface area contributed by atoms with Gasteiger partial charge in [0.15, 0.2) is 6.10 Å². The maximum Gasteiger partial charge on any atom is 0.256 e. The molecule has 2 amide bonds. The lowest BCUT2D eigenvalue weighted by molar-refractivity contribution is -0.144. The third-order valence-corrected chi connectivity index (χ3v) is 8.10. The number of piperidine rings is 1. The van der Waals surface area contributed by atoms with Crippen LogP contribution in [-0.2, 0) is 20.9 Å². The van der Waals surface area contributed by atoms with Gasteiger partial charge in [0.1, 0.15) is 5.82 Å². The molecule has 3 fully saturated rings. The highest BCUT2D eigenvalue weighted by Gasteiger charge is 2.59. The van der Waals surface area contributed by atoms with Gasteiger partial charge < -0.3 is 14.5 Å². The van der Waals surface area contributed by atoms with Crippen molar-refractivity contribution in [2.24, 2.45) is 11.3 Å². The average molecular weight is 480 g/mol. The molecule has 35 heavy (non-hydrogen) atoms. The van der Waals surface area contributed by atoms with E-state index in [1.807, 2.05) is 46.2 Å². The standard InChI is InChI=1S/C28H34FN3O3/c1-35-25(22-7-3-2-4-8-22)27(34)31-12-10-28(11-13-31)19-24(28)26(33)32-16-14-30(15-17-32)20-21-6-5-9-23(29)18-21/h2-9,18,24-25H,10-17,19-20H2,1H3/t24-,25-/m1/s1. The van der Waals surface area contributed by atoms with Crippen LogP contribution in [0.4, 0.5) is 4.39 Å². The first-order valence-electron chi connectivity index (χ1n) is 12.6. The van der Waals surface area contributed by atoms with E-state index in [4.69, 9.17) is 4.74 Å². The van der Waals surface area contributed by atoms with Gasteiger partial charge in [0.05, 0.1) is 0 Å². The van der Waals surface area contributed by atoms with Crippen molar-refractivity contribution in [3.63, 3.8) is 0 Å². The summed E-state index contributed by atoms with van der Waals surface area (Å²) in [5, 5.41) is 0. The zero-order chi connectivity index (χ0) is 24.4. The molecule has 2 aromatic rings. The van der Waals surface area contributed by atoms with Gasteiger partial charge in [0, 0.05) is 58.8 Å². The Morgan fingerprint density at radius 1 is 0.971 bits per heavy atom. The summed E-state index contributed by atoms with van der Waals surface area (Å²) in [6, 6.07) is 16.3. The molecule has 0 radical (unpaired) electrons. The van der Waals surface area contributed by atoms with Crippen LogP contribution < -0.4 is 0 Å². The second-order valence-corrected chi connectivity index (χ2v) is 10.2. The maximum atomic E-state index is 13.5. The first kappa shape index (κ1) is 23.9. The molecule has 5 rings (SSSR count).